The van der Waals surface area contributed by atoms with Crippen LogP contribution in [0.2, 0.25) is 0 Å². The molecule has 1 atom stereocenters. The van der Waals surface area contributed by atoms with E-state index in [0.29, 0.717) is 13.0 Å². The lowest BCUT2D eigenvalue weighted by molar-refractivity contribution is -0.140. The van der Waals surface area contributed by atoms with Gasteiger partial charge in [0, 0.05) is 25.4 Å². The molecule has 0 spiro atoms. The first kappa shape index (κ1) is 16.4. The van der Waals surface area contributed by atoms with Crippen LogP contribution in [-0.4, -0.2) is 45.8 Å². The number of nitrogens with one attached hydrogen (secondary N) is 2. The first-order valence-corrected chi connectivity index (χ1v) is 6.37. The molecule has 0 fully saturated rings. The molecule has 114 valence electrons. The number of hydrogen-bond donors (Lipinski definition) is 4. The molecule has 1 aromatic rings. The van der Waals surface area contributed by atoms with Crippen LogP contribution in [0, 0.1) is 0 Å². The van der Waals surface area contributed by atoms with Gasteiger partial charge in [0.25, 0.3) is 0 Å². The summed E-state index contributed by atoms with van der Waals surface area (Å²) in [6.07, 6.45) is 3.39. The molecule has 0 saturated heterocycles. The van der Waals surface area contributed by atoms with Crippen molar-refractivity contribution in [3.05, 3.63) is 30.1 Å². The van der Waals surface area contributed by atoms with Crippen LogP contribution in [-0.2, 0) is 16.0 Å². The summed E-state index contributed by atoms with van der Waals surface area (Å²) in [6, 6.07) is 1.78. The molecule has 8 nitrogen and oxygen atoms in total. The van der Waals surface area contributed by atoms with Crippen molar-refractivity contribution in [2.24, 2.45) is 0 Å². The largest absolute Gasteiger partial charge is 0.481 e. The van der Waals surface area contributed by atoms with Crippen LogP contribution < -0.4 is 10.6 Å². The molecular weight excluding hydrogens is 278 g/mol. The Bertz CT molecular complexity index is 492. The lowest BCUT2D eigenvalue weighted by atomic mass is 10.1. The minimum absolute atomic E-state index is 0.166. The van der Waals surface area contributed by atoms with Crippen molar-refractivity contribution in [1.29, 1.82) is 0 Å². The maximum absolute atomic E-state index is 11.5. The lowest BCUT2D eigenvalue weighted by Crippen LogP contribution is -2.46. The summed E-state index contributed by atoms with van der Waals surface area (Å²) >= 11 is 0. The number of pyridine rings is 1. The number of aromatic nitrogens is 1. The number of carboxylic acid groups (broad SMARTS) is 2. The van der Waals surface area contributed by atoms with Crippen LogP contribution >= 0.6 is 0 Å². The van der Waals surface area contributed by atoms with E-state index < -0.39 is 24.0 Å². The Morgan fingerprint density at radius 2 is 2.05 bits per heavy atom. The summed E-state index contributed by atoms with van der Waals surface area (Å²) in [5, 5.41) is 22.2. The predicted octanol–water partition coefficient (Wildman–Crippen LogP) is 0.241. The molecule has 0 unspecified atom stereocenters. The van der Waals surface area contributed by atoms with Crippen LogP contribution in [0.5, 0.6) is 0 Å². The van der Waals surface area contributed by atoms with Crippen LogP contribution in [0.1, 0.15) is 18.4 Å². The zero-order valence-corrected chi connectivity index (χ0v) is 11.3. The molecule has 21 heavy (non-hydrogen) atoms. The highest BCUT2D eigenvalue weighted by molar-refractivity contribution is 5.82. The molecule has 0 aliphatic heterocycles. The Balaban J connectivity index is 2.33. The molecule has 0 saturated carbocycles. The zero-order chi connectivity index (χ0) is 15.7. The second kappa shape index (κ2) is 8.51. The van der Waals surface area contributed by atoms with Gasteiger partial charge >= 0.3 is 18.0 Å². The van der Waals surface area contributed by atoms with E-state index in [9.17, 15) is 14.4 Å². The molecule has 2 amide bonds. The van der Waals surface area contributed by atoms with Gasteiger partial charge in [0.15, 0.2) is 0 Å². The summed E-state index contributed by atoms with van der Waals surface area (Å²) in [6.45, 7) is 0.322. The number of amides is 2. The Labute approximate surface area is 121 Å². The molecular formula is C13H17N3O5. The fourth-order valence-electron chi connectivity index (χ4n) is 1.60. The van der Waals surface area contributed by atoms with Crippen molar-refractivity contribution in [3.8, 4) is 0 Å². The SMILES string of the molecule is O=C(O)CC[C@H](NC(=O)NCCc1cccnc1)C(=O)O. The standard InChI is InChI=1S/C13H17N3O5/c17-11(18)4-3-10(12(19)20)16-13(21)15-7-5-9-2-1-6-14-8-9/h1-2,6,8,10H,3-5,7H2,(H,17,18)(H,19,20)(H2,15,16,21)/t10-/m0/s1. The first-order valence-electron chi connectivity index (χ1n) is 6.37. The van der Waals surface area contributed by atoms with E-state index in [1.54, 1.807) is 18.5 Å². The van der Waals surface area contributed by atoms with Gasteiger partial charge in [-0.05, 0) is 24.5 Å². The van der Waals surface area contributed by atoms with Crippen LogP contribution in [0.15, 0.2) is 24.5 Å². The highest BCUT2D eigenvalue weighted by Gasteiger charge is 2.20. The van der Waals surface area contributed by atoms with Crippen LogP contribution in [0.25, 0.3) is 0 Å². The summed E-state index contributed by atoms with van der Waals surface area (Å²) in [5.41, 5.74) is 0.943. The fraction of sp³-hybridized carbons (Fsp3) is 0.385. The molecule has 1 rings (SSSR count). The molecule has 0 aromatic carbocycles. The third-order valence-corrected chi connectivity index (χ3v) is 2.67. The number of rotatable bonds is 8. The minimum atomic E-state index is -1.27. The number of nitrogens with zero attached hydrogens (tertiary/aromatic N) is 1. The Hall–Kier alpha value is -2.64. The lowest BCUT2D eigenvalue weighted by Gasteiger charge is -2.14. The van der Waals surface area contributed by atoms with Gasteiger partial charge in [0.2, 0.25) is 0 Å². The fourth-order valence-corrected chi connectivity index (χ4v) is 1.60. The predicted molar refractivity (Wildman–Crippen MR) is 72.8 cm³/mol. The number of carboxylic acids is 2. The number of urea groups is 1. The van der Waals surface area contributed by atoms with Gasteiger partial charge in [-0.25, -0.2) is 9.59 Å². The van der Waals surface area contributed by atoms with Crippen molar-refractivity contribution < 1.29 is 24.6 Å². The third-order valence-electron chi connectivity index (χ3n) is 2.67. The molecule has 4 N–H and O–H groups in total. The Morgan fingerprint density at radius 3 is 2.62 bits per heavy atom. The van der Waals surface area contributed by atoms with E-state index in [-0.39, 0.29) is 12.8 Å². The minimum Gasteiger partial charge on any atom is -0.481 e. The van der Waals surface area contributed by atoms with Gasteiger partial charge in [0.1, 0.15) is 6.04 Å². The molecule has 0 aliphatic carbocycles. The average Bonchev–Trinajstić information content (AvgIpc) is 2.44. The second-order valence-corrected chi connectivity index (χ2v) is 4.33. The summed E-state index contributed by atoms with van der Waals surface area (Å²) in [4.78, 5) is 36.8. The monoisotopic (exact) mass is 295 g/mol. The van der Waals surface area contributed by atoms with Crippen molar-refractivity contribution in [1.82, 2.24) is 15.6 Å². The average molecular weight is 295 g/mol. The highest BCUT2D eigenvalue weighted by Crippen LogP contribution is 1.98. The van der Waals surface area contributed by atoms with Crippen molar-refractivity contribution >= 4 is 18.0 Å². The van der Waals surface area contributed by atoms with Gasteiger partial charge < -0.3 is 20.8 Å². The molecule has 0 radical (unpaired) electrons. The number of carbonyl (C=O) groups excluding carboxylic acids is 1. The second-order valence-electron chi connectivity index (χ2n) is 4.33. The number of aliphatic carboxylic acids is 2. The number of hydrogen-bond acceptors (Lipinski definition) is 4. The van der Waals surface area contributed by atoms with Gasteiger partial charge in [0.05, 0.1) is 0 Å². The normalized spacial score (nSPS) is 11.4. The van der Waals surface area contributed by atoms with E-state index in [4.69, 9.17) is 10.2 Å². The van der Waals surface area contributed by atoms with Gasteiger partial charge in [-0.3, -0.25) is 9.78 Å². The molecule has 1 aromatic heterocycles. The molecule has 0 aliphatic rings. The highest BCUT2D eigenvalue weighted by atomic mass is 16.4. The maximum atomic E-state index is 11.5. The van der Waals surface area contributed by atoms with E-state index in [0.717, 1.165) is 5.56 Å². The topological polar surface area (TPSA) is 129 Å². The third kappa shape index (κ3) is 6.90. The van der Waals surface area contributed by atoms with E-state index in [2.05, 4.69) is 15.6 Å². The van der Waals surface area contributed by atoms with E-state index in [1.165, 1.54) is 0 Å². The van der Waals surface area contributed by atoms with Crippen molar-refractivity contribution in [2.45, 2.75) is 25.3 Å². The zero-order valence-electron chi connectivity index (χ0n) is 11.3. The van der Waals surface area contributed by atoms with Crippen molar-refractivity contribution in [2.75, 3.05) is 6.54 Å². The van der Waals surface area contributed by atoms with Gasteiger partial charge in [-0.1, -0.05) is 6.07 Å². The first-order chi connectivity index (χ1) is 9.99. The van der Waals surface area contributed by atoms with E-state index >= 15 is 0 Å². The number of carbonyl (C=O) groups is 3. The van der Waals surface area contributed by atoms with Crippen molar-refractivity contribution in [3.63, 3.8) is 0 Å². The van der Waals surface area contributed by atoms with Gasteiger partial charge in [-0.2, -0.15) is 0 Å². The quantitative estimate of drug-likeness (QED) is 0.544. The van der Waals surface area contributed by atoms with E-state index in [1.807, 2.05) is 6.07 Å². The summed E-state index contributed by atoms with van der Waals surface area (Å²) in [5.74, 6) is -2.38. The summed E-state index contributed by atoms with van der Waals surface area (Å²) < 4.78 is 0. The molecule has 1 heterocycles. The van der Waals surface area contributed by atoms with Crippen LogP contribution in [0.4, 0.5) is 4.79 Å². The molecule has 8 heteroatoms. The Morgan fingerprint density at radius 1 is 1.29 bits per heavy atom. The smallest absolute Gasteiger partial charge is 0.326 e. The van der Waals surface area contributed by atoms with Crippen LogP contribution in [0.3, 0.4) is 0 Å². The molecule has 0 bridgehead atoms. The Kier molecular flexibility index (Phi) is 6.66. The summed E-state index contributed by atoms with van der Waals surface area (Å²) in [7, 11) is 0. The maximum Gasteiger partial charge on any atom is 0.326 e. The van der Waals surface area contributed by atoms with Gasteiger partial charge in [-0.15, -0.1) is 0 Å².